The molecule has 0 bridgehead atoms. The van der Waals surface area contributed by atoms with Crippen LogP contribution in [-0.4, -0.2) is 53.4 Å². The number of amides is 1. The standard InChI is InChI=1S/C15H19NO6/c1-8(17)16-11-12(18)13-10(21-14(11)19)7-20-15(22-13)9-5-3-2-4-6-9/h2-6,10-15,18-19H,7H2,1H3,(H,16,17)/t10-,11-,12+,13-,14+,15-/m1/s1. The Hall–Kier alpha value is -1.51. The summed E-state index contributed by atoms with van der Waals surface area (Å²) in [6, 6.07) is 8.41. The lowest BCUT2D eigenvalue weighted by Crippen LogP contribution is -2.66. The minimum Gasteiger partial charge on any atom is -0.388 e. The predicted octanol–water partition coefficient (Wildman–Crippen LogP) is -0.317. The fourth-order valence-corrected chi connectivity index (χ4v) is 2.78. The van der Waals surface area contributed by atoms with Crippen molar-refractivity contribution in [2.24, 2.45) is 0 Å². The number of benzene rings is 1. The number of hydrogen-bond donors (Lipinski definition) is 3. The summed E-state index contributed by atoms with van der Waals surface area (Å²) in [7, 11) is 0. The Morgan fingerprint density at radius 2 is 1.95 bits per heavy atom. The van der Waals surface area contributed by atoms with E-state index in [0.717, 1.165) is 5.56 Å². The van der Waals surface area contributed by atoms with E-state index in [2.05, 4.69) is 5.32 Å². The average molecular weight is 309 g/mol. The summed E-state index contributed by atoms with van der Waals surface area (Å²) < 4.78 is 16.8. The van der Waals surface area contributed by atoms with Gasteiger partial charge in [-0.15, -0.1) is 0 Å². The SMILES string of the molecule is CC(=O)N[C@@H]1[C@H](O)[C@@H]2O[C@H](c3ccccc3)OC[C@H]2O[C@@H]1O. The van der Waals surface area contributed by atoms with Crippen molar-refractivity contribution >= 4 is 5.91 Å². The van der Waals surface area contributed by atoms with Crippen molar-refractivity contribution in [1.29, 1.82) is 0 Å². The number of hydrogen-bond acceptors (Lipinski definition) is 6. The van der Waals surface area contributed by atoms with Crippen LogP contribution >= 0.6 is 0 Å². The van der Waals surface area contributed by atoms with Gasteiger partial charge in [-0.05, 0) is 0 Å². The van der Waals surface area contributed by atoms with Gasteiger partial charge in [0.1, 0.15) is 24.4 Å². The first-order valence-electron chi connectivity index (χ1n) is 7.17. The molecule has 2 fully saturated rings. The van der Waals surface area contributed by atoms with E-state index in [4.69, 9.17) is 14.2 Å². The van der Waals surface area contributed by atoms with E-state index in [-0.39, 0.29) is 12.5 Å². The van der Waals surface area contributed by atoms with Crippen LogP contribution in [0.5, 0.6) is 0 Å². The molecule has 6 atom stereocenters. The molecular formula is C15H19NO6. The van der Waals surface area contributed by atoms with Gasteiger partial charge in [0.05, 0.1) is 6.61 Å². The number of aliphatic hydroxyl groups is 2. The third-order valence-corrected chi connectivity index (χ3v) is 3.83. The maximum absolute atomic E-state index is 11.2. The fourth-order valence-electron chi connectivity index (χ4n) is 2.78. The first-order valence-corrected chi connectivity index (χ1v) is 7.17. The second-order valence-electron chi connectivity index (χ2n) is 5.46. The third-order valence-electron chi connectivity index (χ3n) is 3.83. The van der Waals surface area contributed by atoms with E-state index in [0.29, 0.717) is 0 Å². The Morgan fingerprint density at radius 3 is 2.64 bits per heavy atom. The lowest BCUT2D eigenvalue weighted by Gasteiger charge is -2.46. The van der Waals surface area contributed by atoms with Crippen LogP contribution < -0.4 is 5.32 Å². The second-order valence-corrected chi connectivity index (χ2v) is 5.46. The Kier molecular flexibility index (Phi) is 4.42. The molecule has 1 aromatic rings. The molecule has 0 aromatic heterocycles. The Balaban J connectivity index is 1.75. The van der Waals surface area contributed by atoms with Crippen LogP contribution in [0.3, 0.4) is 0 Å². The van der Waals surface area contributed by atoms with Crippen LogP contribution in [-0.2, 0) is 19.0 Å². The average Bonchev–Trinajstić information content (AvgIpc) is 2.52. The summed E-state index contributed by atoms with van der Waals surface area (Å²) in [6.07, 6.45) is -4.29. The number of rotatable bonds is 2. The minimum absolute atomic E-state index is 0.186. The van der Waals surface area contributed by atoms with E-state index in [1.54, 1.807) is 0 Å². The normalized spacial score (nSPS) is 38.1. The topological polar surface area (TPSA) is 97.3 Å². The van der Waals surface area contributed by atoms with E-state index < -0.39 is 36.9 Å². The number of carbonyl (C=O) groups is 1. The van der Waals surface area contributed by atoms with Gasteiger partial charge in [-0.25, -0.2) is 0 Å². The van der Waals surface area contributed by atoms with Crippen LogP contribution in [0.15, 0.2) is 30.3 Å². The highest BCUT2D eigenvalue weighted by atomic mass is 16.7. The lowest BCUT2D eigenvalue weighted by atomic mass is 9.96. The van der Waals surface area contributed by atoms with Gasteiger partial charge in [0.25, 0.3) is 0 Å². The summed E-state index contributed by atoms with van der Waals surface area (Å²) >= 11 is 0. The van der Waals surface area contributed by atoms with Gasteiger partial charge in [-0.3, -0.25) is 4.79 Å². The lowest BCUT2D eigenvalue weighted by molar-refractivity contribution is -0.337. The van der Waals surface area contributed by atoms with E-state index in [1.165, 1.54) is 6.92 Å². The molecule has 2 aliphatic rings. The molecule has 2 aliphatic heterocycles. The molecule has 7 nitrogen and oxygen atoms in total. The highest BCUT2D eigenvalue weighted by Crippen LogP contribution is 2.33. The van der Waals surface area contributed by atoms with Crippen LogP contribution in [0.2, 0.25) is 0 Å². The maximum atomic E-state index is 11.2. The van der Waals surface area contributed by atoms with Crippen molar-refractivity contribution in [3.8, 4) is 0 Å². The summed E-state index contributed by atoms with van der Waals surface area (Å²) in [5.41, 5.74) is 0.829. The van der Waals surface area contributed by atoms with Crippen LogP contribution in [0.4, 0.5) is 0 Å². The van der Waals surface area contributed by atoms with E-state index >= 15 is 0 Å². The summed E-state index contributed by atoms with van der Waals surface area (Å²) in [6.45, 7) is 1.49. The molecule has 3 rings (SSSR count). The largest absolute Gasteiger partial charge is 0.388 e. The number of nitrogens with one attached hydrogen (secondary N) is 1. The highest BCUT2D eigenvalue weighted by Gasteiger charge is 2.49. The summed E-state index contributed by atoms with van der Waals surface area (Å²) in [5.74, 6) is -0.364. The number of aliphatic hydroxyl groups excluding tert-OH is 2. The van der Waals surface area contributed by atoms with E-state index in [9.17, 15) is 15.0 Å². The molecule has 0 unspecified atom stereocenters. The van der Waals surface area contributed by atoms with Crippen molar-refractivity contribution in [2.75, 3.05) is 6.61 Å². The second kappa shape index (κ2) is 6.31. The Bertz CT molecular complexity index is 524. The van der Waals surface area contributed by atoms with Gasteiger partial charge < -0.3 is 29.7 Å². The van der Waals surface area contributed by atoms with Crippen LogP contribution in [0.25, 0.3) is 0 Å². The van der Waals surface area contributed by atoms with Crippen LogP contribution in [0.1, 0.15) is 18.8 Å². The molecule has 0 spiro atoms. The zero-order chi connectivity index (χ0) is 15.7. The molecule has 3 N–H and O–H groups in total. The zero-order valence-corrected chi connectivity index (χ0v) is 12.1. The predicted molar refractivity (Wildman–Crippen MR) is 74.5 cm³/mol. The van der Waals surface area contributed by atoms with Gasteiger partial charge in [-0.1, -0.05) is 30.3 Å². The molecule has 0 radical (unpaired) electrons. The van der Waals surface area contributed by atoms with Gasteiger partial charge >= 0.3 is 0 Å². The van der Waals surface area contributed by atoms with Crippen molar-refractivity contribution < 1.29 is 29.2 Å². The summed E-state index contributed by atoms with van der Waals surface area (Å²) in [4.78, 5) is 11.2. The fraction of sp³-hybridized carbons (Fsp3) is 0.533. The first kappa shape index (κ1) is 15.4. The van der Waals surface area contributed by atoms with Crippen molar-refractivity contribution in [3.63, 3.8) is 0 Å². The van der Waals surface area contributed by atoms with Crippen LogP contribution in [0, 0.1) is 0 Å². The zero-order valence-electron chi connectivity index (χ0n) is 12.1. The maximum Gasteiger partial charge on any atom is 0.217 e. The van der Waals surface area contributed by atoms with Gasteiger partial charge in [0.2, 0.25) is 5.91 Å². The molecule has 1 aromatic carbocycles. The quantitative estimate of drug-likeness (QED) is 0.693. The molecule has 1 amide bonds. The first-order chi connectivity index (χ1) is 10.6. The molecule has 7 heteroatoms. The Labute approximate surface area is 127 Å². The van der Waals surface area contributed by atoms with Gasteiger partial charge in [0, 0.05) is 12.5 Å². The van der Waals surface area contributed by atoms with E-state index in [1.807, 2.05) is 30.3 Å². The van der Waals surface area contributed by atoms with Gasteiger partial charge in [0.15, 0.2) is 12.6 Å². The smallest absolute Gasteiger partial charge is 0.217 e. The highest BCUT2D eigenvalue weighted by molar-refractivity contribution is 5.73. The minimum atomic E-state index is -1.30. The molecular weight excluding hydrogens is 290 g/mol. The monoisotopic (exact) mass is 309 g/mol. The third kappa shape index (κ3) is 2.99. The molecule has 0 aliphatic carbocycles. The summed E-state index contributed by atoms with van der Waals surface area (Å²) in [5, 5.41) is 22.8. The molecule has 0 saturated carbocycles. The number of carbonyl (C=O) groups excluding carboxylic acids is 1. The molecule has 120 valence electrons. The molecule has 2 heterocycles. The number of fused-ring (bicyclic) bond motifs is 1. The Morgan fingerprint density at radius 1 is 1.23 bits per heavy atom. The van der Waals surface area contributed by atoms with Crippen molar-refractivity contribution in [2.45, 2.75) is 43.9 Å². The van der Waals surface area contributed by atoms with Crippen molar-refractivity contribution in [1.82, 2.24) is 5.32 Å². The van der Waals surface area contributed by atoms with Gasteiger partial charge in [-0.2, -0.15) is 0 Å². The number of ether oxygens (including phenoxy) is 3. The molecule has 2 saturated heterocycles. The molecule has 22 heavy (non-hydrogen) atoms. The van der Waals surface area contributed by atoms with Crippen molar-refractivity contribution in [3.05, 3.63) is 35.9 Å².